The first-order valence-electron chi connectivity index (χ1n) is 7.11. The van der Waals surface area contributed by atoms with Crippen molar-refractivity contribution in [1.29, 1.82) is 0 Å². The average molecular weight is 407 g/mol. The van der Waals surface area contributed by atoms with E-state index in [1.807, 2.05) is 18.4 Å². The van der Waals surface area contributed by atoms with Crippen molar-refractivity contribution < 1.29 is 0 Å². The number of hydrogen-bond donors (Lipinski definition) is 2. The first-order valence-corrected chi connectivity index (χ1v) is 7.93. The molecule has 1 aromatic rings. The molecule has 0 atom stereocenters. The van der Waals surface area contributed by atoms with E-state index in [9.17, 15) is 0 Å². The Labute approximate surface area is 143 Å². The lowest BCUT2D eigenvalue weighted by Crippen LogP contribution is -2.41. The van der Waals surface area contributed by atoms with Gasteiger partial charge in [0, 0.05) is 23.3 Å². The number of nitrogens with one attached hydrogen (secondary N) is 2. The zero-order valence-electron chi connectivity index (χ0n) is 12.7. The molecule has 0 unspecified atom stereocenters. The minimum atomic E-state index is 0. The molecule has 1 aliphatic carbocycles. The molecular weight excluding hydrogens is 381 g/mol. The molecule has 0 aliphatic heterocycles. The molecule has 1 saturated carbocycles. The second kappa shape index (κ2) is 8.22. The van der Waals surface area contributed by atoms with Gasteiger partial charge in [-0.1, -0.05) is 19.8 Å². The van der Waals surface area contributed by atoms with E-state index >= 15 is 0 Å². The number of aryl methyl sites for hydroxylation is 1. The van der Waals surface area contributed by atoms with Crippen LogP contribution in [0.2, 0.25) is 0 Å². The highest BCUT2D eigenvalue weighted by Crippen LogP contribution is 2.36. The largest absolute Gasteiger partial charge is 0.356 e. The second-order valence-corrected chi connectivity index (χ2v) is 7.18. The fourth-order valence-electron chi connectivity index (χ4n) is 2.67. The van der Waals surface area contributed by atoms with Crippen LogP contribution < -0.4 is 10.6 Å². The summed E-state index contributed by atoms with van der Waals surface area (Å²) in [6, 6.07) is 4.34. The van der Waals surface area contributed by atoms with Crippen molar-refractivity contribution in [2.75, 3.05) is 13.6 Å². The van der Waals surface area contributed by atoms with E-state index in [1.165, 1.54) is 35.4 Å². The van der Waals surface area contributed by atoms with Gasteiger partial charge in [0.2, 0.25) is 0 Å². The van der Waals surface area contributed by atoms with E-state index in [2.05, 4.69) is 41.6 Å². The molecule has 0 aromatic carbocycles. The highest BCUT2D eigenvalue weighted by Gasteiger charge is 2.28. The summed E-state index contributed by atoms with van der Waals surface area (Å²) in [7, 11) is 1.84. The summed E-state index contributed by atoms with van der Waals surface area (Å²) in [6.45, 7) is 6.40. The Hall–Kier alpha value is -0.300. The zero-order valence-corrected chi connectivity index (χ0v) is 15.8. The molecule has 1 aliphatic rings. The van der Waals surface area contributed by atoms with Crippen LogP contribution in [-0.2, 0) is 6.54 Å². The van der Waals surface area contributed by atoms with Gasteiger partial charge in [-0.15, -0.1) is 35.3 Å². The van der Waals surface area contributed by atoms with Gasteiger partial charge >= 0.3 is 0 Å². The lowest BCUT2D eigenvalue weighted by molar-refractivity contribution is 0.334. The maximum atomic E-state index is 4.30. The minimum Gasteiger partial charge on any atom is -0.356 e. The summed E-state index contributed by atoms with van der Waals surface area (Å²) in [5, 5.41) is 6.86. The minimum absolute atomic E-state index is 0. The van der Waals surface area contributed by atoms with Gasteiger partial charge in [0.25, 0.3) is 0 Å². The van der Waals surface area contributed by atoms with Crippen molar-refractivity contribution in [3.8, 4) is 0 Å². The molecule has 0 radical (unpaired) electrons. The maximum Gasteiger partial charge on any atom is 0.191 e. The molecule has 0 saturated heterocycles. The van der Waals surface area contributed by atoms with Gasteiger partial charge in [-0.2, -0.15) is 0 Å². The van der Waals surface area contributed by atoms with Crippen LogP contribution >= 0.6 is 35.3 Å². The van der Waals surface area contributed by atoms with Crippen molar-refractivity contribution in [1.82, 2.24) is 10.6 Å². The van der Waals surface area contributed by atoms with Crippen LogP contribution in [0.5, 0.6) is 0 Å². The SMILES string of the molecule is CN=C(NCc1ccc(C)s1)NCC1(C)CCCC1.I. The van der Waals surface area contributed by atoms with Gasteiger partial charge < -0.3 is 10.6 Å². The highest BCUT2D eigenvalue weighted by atomic mass is 127. The Morgan fingerprint density at radius 2 is 2.00 bits per heavy atom. The van der Waals surface area contributed by atoms with E-state index in [1.54, 1.807) is 0 Å². The van der Waals surface area contributed by atoms with Crippen molar-refractivity contribution in [2.45, 2.75) is 46.1 Å². The quantitative estimate of drug-likeness (QED) is 0.451. The van der Waals surface area contributed by atoms with Crippen molar-refractivity contribution >= 4 is 41.3 Å². The Bertz CT molecular complexity index is 436. The summed E-state index contributed by atoms with van der Waals surface area (Å²) in [5.41, 5.74) is 0.455. The summed E-state index contributed by atoms with van der Waals surface area (Å²) in [4.78, 5) is 7.01. The van der Waals surface area contributed by atoms with Crippen LogP contribution in [0.1, 0.15) is 42.4 Å². The second-order valence-electron chi connectivity index (χ2n) is 5.81. The molecule has 114 valence electrons. The van der Waals surface area contributed by atoms with Crippen molar-refractivity contribution in [3.63, 3.8) is 0 Å². The molecule has 2 rings (SSSR count). The fraction of sp³-hybridized carbons (Fsp3) is 0.667. The van der Waals surface area contributed by atoms with Gasteiger partial charge in [0.1, 0.15) is 0 Å². The molecule has 3 nitrogen and oxygen atoms in total. The third-order valence-electron chi connectivity index (χ3n) is 3.94. The standard InChI is InChI=1S/C15H25N3S.HI/c1-12-6-7-13(19-12)10-17-14(16-3)18-11-15(2)8-4-5-9-15;/h6-7H,4-5,8-11H2,1-3H3,(H2,16,17,18);1H. The summed E-state index contributed by atoms with van der Waals surface area (Å²) in [6.07, 6.45) is 5.42. The number of guanidine groups is 1. The Balaban J connectivity index is 0.00000200. The van der Waals surface area contributed by atoms with Crippen LogP contribution in [0, 0.1) is 12.3 Å². The number of aliphatic imine (C=N–C) groups is 1. The third kappa shape index (κ3) is 5.24. The number of halogens is 1. The zero-order chi connectivity index (χ0) is 13.7. The van der Waals surface area contributed by atoms with E-state index in [-0.39, 0.29) is 24.0 Å². The third-order valence-corrected chi connectivity index (χ3v) is 4.94. The van der Waals surface area contributed by atoms with E-state index < -0.39 is 0 Å². The van der Waals surface area contributed by atoms with Crippen LogP contribution in [0.15, 0.2) is 17.1 Å². The predicted octanol–water partition coefficient (Wildman–Crippen LogP) is 3.92. The predicted molar refractivity (Wildman–Crippen MR) is 99.2 cm³/mol. The first-order chi connectivity index (χ1) is 9.11. The van der Waals surface area contributed by atoms with Gasteiger partial charge in [0.05, 0.1) is 6.54 Å². The van der Waals surface area contributed by atoms with Crippen molar-refractivity contribution in [2.24, 2.45) is 10.4 Å². The number of thiophene rings is 1. The van der Waals surface area contributed by atoms with E-state index in [0.29, 0.717) is 5.41 Å². The van der Waals surface area contributed by atoms with Gasteiger partial charge in [0.15, 0.2) is 5.96 Å². The fourth-order valence-corrected chi connectivity index (χ4v) is 3.50. The topological polar surface area (TPSA) is 36.4 Å². The molecule has 1 fully saturated rings. The first kappa shape index (κ1) is 17.8. The Morgan fingerprint density at radius 1 is 1.30 bits per heavy atom. The monoisotopic (exact) mass is 407 g/mol. The molecule has 20 heavy (non-hydrogen) atoms. The van der Waals surface area contributed by atoms with E-state index in [4.69, 9.17) is 0 Å². The lowest BCUT2D eigenvalue weighted by Gasteiger charge is -2.25. The molecule has 1 heterocycles. The van der Waals surface area contributed by atoms with Gasteiger partial charge in [-0.05, 0) is 37.3 Å². The molecule has 0 amide bonds. The highest BCUT2D eigenvalue weighted by molar-refractivity contribution is 14.0. The summed E-state index contributed by atoms with van der Waals surface area (Å²) >= 11 is 1.84. The van der Waals surface area contributed by atoms with Gasteiger partial charge in [-0.25, -0.2) is 0 Å². The molecule has 0 bridgehead atoms. The number of nitrogens with zero attached hydrogens (tertiary/aromatic N) is 1. The van der Waals surface area contributed by atoms with Gasteiger partial charge in [-0.3, -0.25) is 4.99 Å². The smallest absolute Gasteiger partial charge is 0.191 e. The Kier molecular flexibility index (Phi) is 7.29. The maximum absolute atomic E-state index is 4.30. The van der Waals surface area contributed by atoms with Crippen LogP contribution in [0.25, 0.3) is 0 Å². The van der Waals surface area contributed by atoms with E-state index in [0.717, 1.165) is 19.0 Å². The number of rotatable bonds is 4. The molecule has 5 heteroatoms. The molecular formula is C15H26IN3S. The lowest BCUT2D eigenvalue weighted by atomic mass is 9.89. The summed E-state index contributed by atoms with van der Waals surface area (Å²) in [5.74, 6) is 0.916. The molecule has 0 spiro atoms. The van der Waals surface area contributed by atoms with Crippen LogP contribution in [-0.4, -0.2) is 19.6 Å². The normalized spacial score (nSPS) is 17.6. The Morgan fingerprint density at radius 3 is 2.55 bits per heavy atom. The van der Waals surface area contributed by atoms with Crippen molar-refractivity contribution in [3.05, 3.63) is 21.9 Å². The molecule has 1 aromatic heterocycles. The summed E-state index contributed by atoms with van der Waals surface area (Å²) < 4.78 is 0. The van der Waals surface area contributed by atoms with Crippen LogP contribution in [0.3, 0.4) is 0 Å². The van der Waals surface area contributed by atoms with Crippen LogP contribution in [0.4, 0.5) is 0 Å². The number of hydrogen-bond acceptors (Lipinski definition) is 2. The average Bonchev–Trinajstić information content (AvgIpc) is 2.99. The molecule has 2 N–H and O–H groups in total.